The van der Waals surface area contributed by atoms with Crippen LogP contribution in [0.15, 0.2) is 18.2 Å². The van der Waals surface area contributed by atoms with Gasteiger partial charge >= 0.3 is 36.5 Å². The first kappa shape index (κ1) is 46.1. The molecule has 1 aromatic heterocycles. The molecule has 0 spiro atoms. The molecule has 0 bridgehead atoms. The fraction of sp³-hybridized carbons (Fsp3) is 0.586. The number of ether oxygens (including phenoxy) is 1. The normalized spacial score (nSPS) is 17.6. The number of nitrogens with zero attached hydrogens (tertiary/aromatic N) is 2. The van der Waals surface area contributed by atoms with Gasteiger partial charge in [-0.3, -0.25) is 9.48 Å². The van der Waals surface area contributed by atoms with Crippen LogP contribution in [-0.2, 0) is 39.0 Å². The molecule has 13 nitrogen and oxygen atoms in total. The van der Waals surface area contributed by atoms with Crippen molar-refractivity contribution in [2.24, 2.45) is 17.2 Å². The number of alkyl halides is 8. The van der Waals surface area contributed by atoms with Gasteiger partial charge in [0.15, 0.2) is 12.2 Å². The van der Waals surface area contributed by atoms with Crippen molar-refractivity contribution >= 4 is 41.0 Å². The second-order valence-electron chi connectivity index (χ2n) is 12.1. The summed E-state index contributed by atoms with van der Waals surface area (Å²) in [5, 5.41) is 15.7. The van der Waals surface area contributed by atoms with Gasteiger partial charge in [-0.1, -0.05) is 38.4 Å². The molecular weight excluding hydrogens is 766 g/mol. The molecule has 2 aromatic rings. The van der Waals surface area contributed by atoms with E-state index in [0.29, 0.717) is 12.5 Å². The Balaban J connectivity index is 0.00000119. The van der Waals surface area contributed by atoms with Crippen LogP contribution < -0.4 is 26.0 Å². The molecule has 1 aliphatic rings. The number of quaternary nitrogens is 1. The molecule has 52 heavy (non-hydrogen) atoms. The summed E-state index contributed by atoms with van der Waals surface area (Å²) < 4.78 is 121. The quantitative estimate of drug-likeness (QED) is 0.225. The van der Waals surface area contributed by atoms with E-state index in [4.69, 9.17) is 35.8 Å². The molecule has 0 saturated carbocycles. The van der Waals surface area contributed by atoms with Crippen molar-refractivity contribution in [2.75, 3.05) is 19.6 Å². The number of carbonyl (C=O) groups is 3. The Morgan fingerprint density at radius 2 is 1.73 bits per heavy atom. The van der Waals surface area contributed by atoms with Gasteiger partial charge in [-0.2, -0.15) is 54.5 Å². The standard InChI is InChI=1S/C27H35ClF5N5O4.C2HF3O2.O2S/c1-5-38-23(18-9-7-16(10-19(18)41-25(29)30)11-26(3,4)27(31,32)33)21(28)22(36-38)24(40)35-12-17-8-6-15(2)13-37(17)14-20(39)42-34;3-2(4,5)1(6)7;1-3-2/h7,9-10,15,17,25H,5-6,8,11-14,34H2,1-4H3,(H,35,40);(H,6,7);/t15-,17+;;/m1../s1. The number of aryl methyl sites for hydroxylation is 1. The SMILES string of the molecule is CCn1nc(C(=O)NC[C@@H]2CC[C@@H](C)C[NH+]2CC(=O)ON)c(Cl)c1-c1ccc(CC(C)(C)C(F)(F)F)cc1OC(F)F.O=C([O-])C(F)(F)F.O=S=O. The molecule has 0 aliphatic carbocycles. The van der Waals surface area contributed by atoms with Crippen molar-refractivity contribution in [3.05, 3.63) is 34.5 Å². The Bertz CT molecular complexity index is 1570. The Morgan fingerprint density at radius 3 is 2.21 bits per heavy atom. The van der Waals surface area contributed by atoms with Crippen molar-refractivity contribution in [3.63, 3.8) is 0 Å². The second-order valence-corrected chi connectivity index (χ2v) is 12.6. The summed E-state index contributed by atoms with van der Waals surface area (Å²) in [5.41, 5.74) is -2.01. The van der Waals surface area contributed by atoms with Crippen LogP contribution in [0.3, 0.4) is 0 Å². The minimum Gasteiger partial charge on any atom is -0.542 e. The maximum Gasteiger partial charge on any atom is 0.430 e. The van der Waals surface area contributed by atoms with Crippen molar-refractivity contribution in [1.29, 1.82) is 0 Å². The van der Waals surface area contributed by atoms with Gasteiger partial charge in [0.05, 0.1) is 29.2 Å². The highest BCUT2D eigenvalue weighted by atomic mass is 35.5. The molecule has 294 valence electrons. The summed E-state index contributed by atoms with van der Waals surface area (Å²) in [6.07, 6.45) is -8.56. The highest BCUT2D eigenvalue weighted by Gasteiger charge is 2.47. The van der Waals surface area contributed by atoms with Crippen LogP contribution in [0.25, 0.3) is 11.3 Å². The highest BCUT2D eigenvalue weighted by molar-refractivity contribution is 7.51. The van der Waals surface area contributed by atoms with Gasteiger partial charge in [0.2, 0.25) is 0 Å². The molecular formula is C29H36ClF8N5O8S. The summed E-state index contributed by atoms with van der Waals surface area (Å²) in [6, 6.07) is 3.72. The van der Waals surface area contributed by atoms with E-state index in [0.717, 1.165) is 37.7 Å². The number of nitrogens with two attached hydrogens (primary N) is 1. The van der Waals surface area contributed by atoms with Crippen LogP contribution >= 0.6 is 11.6 Å². The van der Waals surface area contributed by atoms with E-state index < -0.39 is 66.0 Å². The van der Waals surface area contributed by atoms with E-state index in [9.17, 15) is 44.7 Å². The first-order valence-corrected chi connectivity index (χ1v) is 16.1. The topological polar surface area (TPSA) is 187 Å². The second kappa shape index (κ2) is 19.8. The van der Waals surface area contributed by atoms with Crippen LogP contribution in [-0.4, -0.2) is 80.7 Å². The average Bonchev–Trinajstić information content (AvgIpc) is 3.35. The van der Waals surface area contributed by atoms with Crippen molar-refractivity contribution in [2.45, 2.75) is 78.5 Å². The van der Waals surface area contributed by atoms with Gasteiger partial charge in [-0.05, 0) is 37.5 Å². The van der Waals surface area contributed by atoms with E-state index in [1.807, 2.05) is 0 Å². The van der Waals surface area contributed by atoms with E-state index in [1.54, 1.807) is 6.92 Å². The number of halogens is 9. The Kier molecular flexibility index (Phi) is 17.6. The van der Waals surface area contributed by atoms with Gasteiger partial charge in [0.1, 0.15) is 17.8 Å². The molecule has 3 rings (SSSR count). The fourth-order valence-corrected chi connectivity index (χ4v) is 5.47. The maximum atomic E-state index is 13.5. The minimum atomic E-state index is -5.19. The van der Waals surface area contributed by atoms with Gasteiger partial charge in [-0.25, -0.2) is 4.79 Å². The summed E-state index contributed by atoms with van der Waals surface area (Å²) in [4.78, 5) is 39.0. The summed E-state index contributed by atoms with van der Waals surface area (Å²) in [6.45, 7) is 3.65. The molecule has 2 heterocycles. The van der Waals surface area contributed by atoms with Gasteiger partial charge in [0, 0.05) is 24.4 Å². The van der Waals surface area contributed by atoms with E-state index in [1.165, 1.54) is 16.8 Å². The van der Waals surface area contributed by atoms with Crippen LogP contribution in [0.1, 0.15) is 56.6 Å². The smallest absolute Gasteiger partial charge is 0.430 e. The third-order valence-electron chi connectivity index (χ3n) is 7.78. The molecule has 1 fully saturated rings. The summed E-state index contributed by atoms with van der Waals surface area (Å²) in [5.74, 6) is 0.772. The van der Waals surface area contributed by atoms with Gasteiger partial charge < -0.3 is 29.7 Å². The zero-order valence-corrected chi connectivity index (χ0v) is 29.5. The van der Waals surface area contributed by atoms with Crippen molar-refractivity contribution in [3.8, 4) is 17.0 Å². The third-order valence-corrected chi connectivity index (χ3v) is 8.14. The lowest BCUT2D eigenvalue weighted by atomic mass is 9.84. The molecule has 4 N–H and O–H groups in total. The third kappa shape index (κ3) is 13.6. The van der Waals surface area contributed by atoms with Gasteiger partial charge in [0.25, 0.3) is 5.91 Å². The number of nitrogens with one attached hydrogen (secondary N) is 2. The predicted octanol–water partition coefficient (Wildman–Crippen LogP) is 2.41. The lowest BCUT2D eigenvalue weighted by molar-refractivity contribution is -0.925. The number of aromatic nitrogens is 2. The van der Waals surface area contributed by atoms with Crippen LogP contribution in [0, 0.1) is 11.3 Å². The van der Waals surface area contributed by atoms with E-state index >= 15 is 0 Å². The molecule has 23 heteroatoms. The molecule has 3 atom stereocenters. The number of carboxylic acid groups (broad SMARTS) is 1. The Labute approximate surface area is 300 Å². The number of piperidine rings is 1. The van der Waals surface area contributed by atoms with Crippen LogP contribution in [0.5, 0.6) is 5.75 Å². The number of amides is 1. The zero-order chi connectivity index (χ0) is 40.2. The first-order valence-electron chi connectivity index (χ1n) is 15.1. The minimum absolute atomic E-state index is 0.0412. The largest absolute Gasteiger partial charge is 0.542 e. The van der Waals surface area contributed by atoms with Crippen molar-refractivity contribution in [1.82, 2.24) is 15.1 Å². The predicted molar refractivity (Wildman–Crippen MR) is 164 cm³/mol. The highest BCUT2D eigenvalue weighted by Crippen LogP contribution is 2.43. The van der Waals surface area contributed by atoms with Crippen LogP contribution in [0.4, 0.5) is 35.1 Å². The van der Waals surface area contributed by atoms with Crippen molar-refractivity contribution < 1.29 is 77.5 Å². The molecule has 1 aliphatic heterocycles. The molecule has 1 amide bonds. The number of hydrogen-bond donors (Lipinski definition) is 3. The van der Waals surface area contributed by atoms with Gasteiger partial charge in [-0.15, -0.1) is 0 Å². The number of benzene rings is 1. The molecule has 0 radical (unpaired) electrons. The van der Waals surface area contributed by atoms with Crippen LogP contribution in [0.2, 0.25) is 5.02 Å². The number of likely N-dealkylation sites (tertiary alicyclic amines) is 1. The number of rotatable bonds is 11. The van der Waals surface area contributed by atoms with E-state index in [-0.39, 0.29) is 53.2 Å². The summed E-state index contributed by atoms with van der Waals surface area (Å²) >= 11 is 5.84. The first-order chi connectivity index (χ1) is 23.9. The molecule has 1 aromatic carbocycles. The lowest BCUT2D eigenvalue weighted by Crippen LogP contribution is -3.18. The number of hydrogen-bond acceptors (Lipinski definition) is 10. The number of aliphatic carboxylic acids is 1. The van der Waals surface area contributed by atoms with E-state index in [2.05, 4.69) is 26.9 Å². The average molecular weight is 802 g/mol. The molecule has 1 unspecified atom stereocenters. The maximum absolute atomic E-state index is 13.5. The zero-order valence-electron chi connectivity index (χ0n) is 28.0. The Morgan fingerprint density at radius 1 is 1.15 bits per heavy atom. The molecule has 1 saturated heterocycles. The Hall–Kier alpha value is -3.89. The fourth-order valence-electron chi connectivity index (χ4n) is 5.14. The number of carbonyl (C=O) groups excluding carboxylic acids is 3. The summed E-state index contributed by atoms with van der Waals surface area (Å²) in [7, 11) is 0. The lowest BCUT2D eigenvalue weighted by Gasteiger charge is -2.34. The number of carboxylic acids is 1. The monoisotopic (exact) mass is 801 g/mol.